The highest BCUT2D eigenvalue weighted by Gasteiger charge is 2.19. The van der Waals surface area contributed by atoms with Gasteiger partial charge in [-0.25, -0.2) is 0 Å². The van der Waals surface area contributed by atoms with Gasteiger partial charge in [-0.15, -0.1) is 11.6 Å². The van der Waals surface area contributed by atoms with Gasteiger partial charge in [0.1, 0.15) is 11.5 Å². The van der Waals surface area contributed by atoms with E-state index in [-0.39, 0.29) is 5.38 Å². The summed E-state index contributed by atoms with van der Waals surface area (Å²) in [5.41, 5.74) is 4.92. The van der Waals surface area contributed by atoms with Gasteiger partial charge in [-0.2, -0.15) is 0 Å². The van der Waals surface area contributed by atoms with Gasteiger partial charge in [0, 0.05) is 5.56 Å². The second-order valence-corrected chi connectivity index (χ2v) is 5.38. The minimum absolute atomic E-state index is 0.0245. The number of alkyl halides is 1. The fraction of sp³-hybridized carbons (Fsp3) is 0.375. The summed E-state index contributed by atoms with van der Waals surface area (Å²) >= 11 is 6.58. The van der Waals surface area contributed by atoms with Gasteiger partial charge in [0.05, 0.1) is 5.38 Å². The number of hydrogen-bond donors (Lipinski definition) is 0. The van der Waals surface area contributed by atoms with Crippen molar-refractivity contribution in [3.05, 3.63) is 58.0 Å². The zero-order valence-corrected chi connectivity index (χ0v) is 12.1. The highest BCUT2D eigenvalue weighted by molar-refractivity contribution is 6.21. The molecule has 0 aliphatic rings. The lowest BCUT2D eigenvalue weighted by molar-refractivity contribution is 0.499. The second-order valence-electron chi connectivity index (χ2n) is 4.85. The molecule has 0 fully saturated rings. The number of rotatable bonds is 3. The van der Waals surface area contributed by atoms with Crippen molar-refractivity contribution in [2.24, 2.45) is 0 Å². The predicted octanol–water partition coefficient (Wildman–Crippen LogP) is 5.04. The van der Waals surface area contributed by atoms with E-state index in [0.717, 1.165) is 23.5 Å². The minimum atomic E-state index is -0.0245. The molecule has 2 aromatic rings. The maximum absolute atomic E-state index is 6.58. The molecule has 0 spiro atoms. The van der Waals surface area contributed by atoms with E-state index < -0.39 is 0 Å². The standard InChI is InChI=1S/C16H19ClO/c1-10-7-5-6-8-14(10)9-15(17)16-11(2)12(3)18-13(16)4/h5-8,15H,9H2,1-4H3. The van der Waals surface area contributed by atoms with E-state index in [2.05, 4.69) is 38.1 Å². The van der Waals surface area contributed by atoms with Crippen molar-refractivity contribution in [1.29, 1.82) is 0 Å². The van der Waals surface area contributed by atoms with Crippen LogP contribution in [-0.2, 0) is 6.42 Å². The normalized spacial score (nSPS) is 12.7. The molecule has 2 heteroatoms. The highest BCUT2D eigenvalue weighted by Crippen LogP contribution is 2.34. The van der Waals surface area contributed by atoms with E-state index in [1.54, 1.807) is 0 Å². The molecule has 1 heterocycles. The summed E-state index contributed by atoms with van der Waals surface area (Å²) in [6, 6.07) is 8.38. The summed E-state index contributed by atoms with van der Waals surface area (Å²) in [4.78, 5) is 0. The number of halogens is 1. The lowest BCUT2D eigenvalue weighted by atomic mass is 9.98. The fourth-order valence-electron chi connectivity index (χ4n) is 2.40. The quantitative estimate of drug-likeness (QED) is 0.707. The largest absolute Gasteiger partial charge is 0.466 e. The van der Waals surface area contributed by atoms with Crippen LogP contribution in [0.15, 0.2) is 28.7 Å². The Kier molecular flexibility index (Phi) is 3.82. The Morgan fingerprint density at radius 3 is 2.28 bits per heavy atom. The molecule has 1 unspecified atom stereocenters. The van der Waals surface area contributed by atoms with Crippen LogP contribution in [0.5, 0.6) is 0 Å². The topological polar surface area (TPSA) is 13.1 Å². The maximum atomic E-state index is 6.58. The van der Waals surface area contributed by atoms with Crippen LogP contribution in [0, 0.1) is 27.7 Å². The van der Waals surface area contributed by atoms with Crippen molar-refractivity contribution in [1.82, 2.24) is 0 Å². The average Bonchev–Trinajstić information content (AvgIpc) is 2.56. The summed E-state index contributed by atoms with van der Waals surface area (Å²) in [5, 5.41) is -0.0245. The molecular weight excluding hydrogens is 244 g/mol. The Balaban J connectivity index is 2.28. The van der Waals surface area contributed by atoms with Gasteiger partial charge in [-0.1, -0.05) is 24.3 Å². The Hall–Kier alpha value is -1.21. The van der Waals surface area contributed by atoms with Crippen molar-refractivity contribution in [3.63, 3.8) is 0 Å². The maximum Gasteiger partial charge on any atom is 0.106 e. The van der Waals surface area contributed by atoms with E-state index in [9.17, 15) is 0 Å². The number of hydrogen-bond acceptors (Lipinski definition) is 1. The van der Waals surface area contributed by atoms with Gasteiger partial charge in [-0.3, -0.25) is 0 Å². The number of benzene rings is 1. The molecule has 1 nitrogen and oxygen atoms in total. The highest BCUT2D eigenvalue weighted by atomic mass is 35.5. The lowest BCUT2D eigenvalue weighted by Crippen LogP contribution is -2.00. The Morgan fingerprint density at radius 2 is 1.72 bits per heavy atom. The number of furan rings is 1. The first-order valence-electron chi connectivity index (χ1n) is 6.25. The first kappa shape index (κ1) is 13.2. The minimum Gasteiger partial charge on any atom is -0.466 e. The summed E-state index contributed by atoms with van der Waals surface area (Å²) in [6.45, 7) is 8.18. The van der Waals surface area contributed by atoms with Crippen LogP contribution >= 0.6 is 11.6 Å². The summed E-state index contributed by atoms with van der Waals surface area (Å²) in [7, 11) is 0. The molecule has 96 valence electrons. The monoisotopic (exact) mass is 262 g/mol. The molecule has 2 rings (SSSR count). The molecule has 1 atom stereocenters. The fourth-order valence-corrected chi connectivity index (χ4v) is 2.89. The van der Waals surface area contributed by atoms with E-state index in [1.807, 2.05) is 13.8 Å². The molecule has 1 aromatic heterocycles. The van der Waals surface area contributed by atoms with Crippen LogP contribution in [0.2, 0.25) is 0 Å². The lowest BCUT2D eigenvalue weighted by Gasteiger charge is -2.12. The first-order chi connectivity index (χ1) is 8.50. The molecule has 1 aromatic carbocycles. The van der Waals surface area contributed by atoms with Gasteiger partial charge in [0.15, 0.2) is 0 Å². The molecule has 0 aliphatic heterocycles. The number of aryl methyl sites for hydroxylation is 3. The van der Waals surface area contributed by atoms with Crippen molar-refractivity contribution in [3.8, 4) is 0 Å². The van der Waals surface area contributed by atoms with E-state index in [4.69, 9.17) is 16.0 Å². The molecule has 0 amide bonds. The first-order valence-corrected chi connectivity index (χ1v) is 6.69. The van der Waals surface area contributed by atoms with Crippen LogP contribution in [0.4, 0.5) is 0 Å². The zero-order chi connectivity index (χ0) is 13.3. The smallest absolute Gasteiger partial charge is 0.106 e. The molecule has 0 saturated carbocycles. The molecule has 0 radical (unpaired) electrons. The van der Waals surface area contributed by atoms with E-state index >= 15 is 0 Å². The van der Waals surface area contributed by atoms with Crippen LogP contribution < -0.4 is 0 Å². The zero-order valence-electron chi connectivity index (χ0n) is 11.4. The SMILES string of the molecule is Cc1ccccc1CC(Cl)c1c(C)oc(C)c1C. The van der Waals surface area contributed by atoms with E-state index in [1.165, 1.54) is 16.7 Å². The van der Waals surface area contributed by atoms with Crippen molar-refractivity contribution < 1.29 is 4.42 Å². The summed E-state index contributed by atoms with van der Waals surface area (Å²) < 4.78 is 5.65. The molecule has 0 N–H and O–H groups in total. The Labute approximate surface area is 114 Å². The van der Waals surface area contributed by atoms with Crippen LogP contribution in [-0.4, -0.2) is 0 Å². The Morgan fingerprint density at radius 1 is 1.06 bits per heavy atom. The van der Waals surface area contributed by atoms with Gasteiger partial charge in [0.2, 0.25) is 0 Å². The molecule has 0 aliphatic carbocycles. The third kappa shape index (κ3) is 2.46. The van der Waals surface area contributed by atoms with Crippen molar-refractivity contribution in [2.75, 3.05) is 0 Å². The van der Waals surface area contributed by atoms with Gasteiger partial charge < -0.3 is 4.42 Å². The predicted molar refractivity (Wildman–Crippen MR) is 76.4 cm³/mol. The molecule has 18 heavy (non-hydrogen) atoms. The third-order valence-electron chi connectivity index (χ3n) is 3.59. The summed E-state index contributed by atoms with van der Waals surface area (Å²) in [5.74, 6) is 1.91. The van der Waals surface area contributed by atoms with Gasteiger partial charge >= 0.3 is 0 Å². The van der Waals surface area contributed by atoms with Gasteiger partial charge in [0.25, 0.3) is 0 Å². The van der Waals surface area contributed by atoms with Gasteiger partial charge in [-0.05, 0) is 50.8 Å². The van der Waals surface area contributed by atoms with Crippen LogP contribution in [0.1, 0.15) is 39.2 Å². The average molecular weight is 263 g/mol. The van der Waals surface area contributed by atoms with Crippen molar-refractivity contribution >= 4 is 11.6 Å². The third-order valence-corrected chi connectivity index (χ3v) is 3.96. The Bertz CT molecular complexity index is 554. The van der Waals surface area contributed by atoms with E-state index in [0.29, 0.717) is 0 Å². The second kappa shape index (κ2) is 5.19. The van der Waals surface area contributed by atoms with Crippen molar-refractivity contribution in [2.45, 2.75) is 39.5 Å². The molecule has 0 bridgehead atoms. The molecule has 0 saturated heterocycles. The van der Waals surface area contributed by atoms with Crippen LogP contribution in [0.3, 0.4) is 0 Å². The summed E-state index contributed by atoms with van der Waals surface area (Å²) in [6.07, 6.45) is 0.842. The van der Waals surface area contributed by atoms with Crippen LogP contribution in [0.25, 0.3) is 0 Å². The molecular formula is C16H19ClO.